The first-order chi connectivity index (χ1) is 7.35. The van der Waals surface area contributed by atoms with Crippen LogP contribution in [0.25, 0.3) is 0 Å². The molecule has 0 aliphatic carbocycles. The Morgan fingerprint density at radius 2 is 2.00 bits per heavy atom. The summed E-state index contributed by atoms with van der Waals surface area (Å²) in [5, 5.41) is 0. The normalized spacial score (nSPS) is 23.5. The van der Waals surface area contributed by atoms with Crippen LogP contribution in [0.2, 0.25) is 0 Å². The van der Waals surface area contributed by atoms with Crippen molar-refractivity contribution in [2.75, 3.05) is 6.54 Å². The highest BCUT2D eigenvalue weighted by Gasteiger charge is 2.28. The topological polar surface area (TPSA) is 50.7 Å². The minimum absolute atomic E-state index is 0.198. The quantitative estimate of drug-likeness (QED) is 0.787. The number of hydrogen-bond acceptors (Lipinski definition) is 3. The van der Waals surface area contributed by atoms with Crippen molar-refractivity contribution in [3.05, 3.63) is 35.9 Å². The highest BCUT2D eigenvalue weighted by Crippen LogP contribution is 2.22. The van der Waals surface area contributed by atoms with Gasteiger partial charge in [-0.25, -0.2) is 4.99 Å². The average molecular weight is 201 g/mol. The predicted octanol–water partition coefficient (Wildman–Crippen LogP) is 1.43. The number of nitrogens with two attached hydrogens (primary N) is 1. The molecule has 0 amide bonds. The second-order valence-electron chi connectivity index (χ2n) is 3.83. The predicted molar refractivity (Wildman–Crippen MR) is 63.5 cm³/mol. The molecule has 1 unspecified atom stereocenters. The Balaban J connectivity index is 2.15. The number of benzene rings is 1. The molecule has 1 heterocycles. The zero-order valence-corrected chi connectivity index (χ0v) is 8.63. The molecule has 0 fully saturated rings. The average Bonchev–Trinajstić information content (AvgIpc) is 2.69. The van der Waals surface area contributed by atoms with Crippen LogP contribution in [0, 0.1) is 0 Å². The van der Waals surface area contributed by atoms with Crippen LogP contribution in [0.4, 0.5) is 0 Å². The largest absolute Gasteiger partial charge is 0.330 e. The molecule has 15 heavy (non-hydrogen) atoms. The molecule has 1 aliphatic heterocycles. The lowest BCUT2D eigenvalue weighted by Crippen LogP contribution is -2.32. The van der Waals surface area contributed by atoms with Crippen molar-refractivity contribution >= 4 is 12.6 Å². The third-order valence-electron chi connectivity index (χ3n) is 2.63. The second kappa shape index (κ2) is 4.36. The molecule has 1 aromatic rings. The van der Waals surface area contributed by atoms with Gasteiger partial charge in [-0.1, -0.05) is 30.3 Å². The smallest absolute Gasteiger partial charge is 0.110 e. The van der Waals surface area contributed by atoms with Crippen LogP contribution in [-0.2, 0) is 6.42 Å². The third-order valence-corrected chi connectivity index (χ3v) is 2.63. The summed E-state index contributed by atoms with van der Waals surface area (Å²) in [6, 6.07) is 10.3. The molecule has 1 aliphatic rings. The van der Waals surface area contributed by atoms with Crippen LogP contribution in [-0.4, -0.2) is 24.6 Å². The fourth-order valence-corrected chi connectivity index (χ4v) is 1.86. The highest BCUT2D eigenvalue weighted by atomic mass is 15.0. The Morgan fingerprint density at radius 3 is 2.60 bits per heavy atom. The summed E-state index contributed by atoms with van der Waals surface area (Å²) >= 11 is 0. The van der Waals surface area contributed by atoms with Gasteiger partial charge in [0.1, 0.15) is 11.9 Å². The zero-order chi connectivity index (χ0) is 10.6. The van der Waals surface area contributed by atoms with Crippen molar-refractivity contribution in [1.82, 2.24) is 0 Å². The highest BCUT2D eigenvalue weighted by molar-refractivity contribution is 5.86. The van der Waals surface area contributed by atoms with Gasteiger partial charge in [0.15, 0.2) is 0 Å². The summed E-state index contributed by atoms with van der Waals surface area (Å²) in [5.41, 5.74) is 6.69. The van der Waals surface area contributed by atoms with Gasteiger partial charge in [-0.2, -0.15) is 0 Å². The van der Waals surface area contributed by atoms with E-state index in [4.69, 9.17) is 5.73 Å². The Hall–Kier alpha value is -1.48. The maximum absolute atomic E-state index is 5.61. The van der Waals surface area contributed by atoms with Crippen LogP contribution in [0.1, 0.15) is 12.0 Å². The molecule has 0 bridgehead atoms. The number of rotatable bonds is 4. The lowest BCUT2D eigenvalue weighted by atomic mass is 9.90. The first-order valence-corrected chi connectivity index (χ1v) is 5.17. The molecule has 78 valence electrons. The van der Waals surface area contributed by atoms with E-state index in [-0.39, 0.29) is 5.54 Å². The van der Waals surface area contributed by atoms with Crippen LogP contribution in [0.3, 0.4) is 0 Å². The van der Waals surface area contributed by atoms with Crippen molar-refractivity contribution in [3.8, 4) is 0 Å². The summed E-state index contributed by atoms with van der Waals surface area (Å²) in [7, 11) is 0. The van der Waals surface area contributed by atoms with E-state index in [0.29, 0.717) is 6.54 Å². The van der Waals surface area contributed by atoms with E-state index in [9.17, 15) is 0 Å². The van der Waals surface area contributed by atoms with E-state index in [1.807, 2.05) is 24.4 Å². The van der Waals surface area contributed by atoms with Gasteiger partial charge < -0.3 is 5.73 Å². The van der Waals surface area contributed by atoms with Gasteiger partial charge in [0.25, 0.3) is 0 Å². The summed E-state index contributed by atoms with van der Waals surface area (Å²) in [4.78, 5) is 8.50. The molecule has 0 saturated carbocycles. The van der Waals surface area contributed by atoms with Crippen LogP contribution >= 0.6 is 0 Å². The van der Waals surface area contributed by atoms with Crippen LogP contribution in [0.5, 0.6) is 0 Å². The molecule has 0 spiro atoms. The maximum Gasteiger partial charge on any atom is 0.110 e. The Kier molecular flexibility index (Phi) is 2.92. The monoisotopic (exact) mass is 201 g/mol. The molecule has 0 saturated heterocycles. The van der Waals surface area contributed by atoms with Gasteiger partial charge in [-0.05, 0) is 18.5 Å². The van der Waals surface area contributed by atoms with Crippen molar-refractivity contribution < 1.29 is 0 Å². The minimum Gasteiger partial charge on any atom is -0.330 e. The van der Waals surface area contributed by atoms with E-state index < -0.39 is 0 Å². The summed E-state index contributed by atoms with van der Waals surface area (Å²) in [5.74, 6) is 0. The fourth-order valence-electron chi connectivity index (χ4n) is 1.86. The van der Waals surface area contributed by atoms with Crippen LogP contribution < -0.4 is 5.73 Å². The molecule has 3 heteroatoms. The van der Waals surface area contributed by atoms with E-state index in [1.165, 1.54) is 5.56 Å². The van der Waals surface area contributed by atoms with Crippen molar-refractivity contribution in [2.24, 2.45) is 15.7 Å². The van der Waals surface area contributed by atoms with Gasteiger partial charge in [0.2, 0.25) is 0 Å². The van der Waals surface area contributed by atoms with E-state index in [1.54, 1.807) is 6.34 Å². The number of hydrogen-bond donors (Lipinski definition) is 1. The van der Waals surface area contributed by atoms with Crippen molar-refractivity contribution in [1.29, 1.82) is 0 Å². The van der Waals surface area contributed by atoms with Crippen molar-refractivity contribution in [2.45, 2.75) is 18.4 Å². The standard InChI is InChI=1S/C12H15N3/c13-7-6-12(9-14-10-15-12)8-11-4-2-1-3-5-11/h1-5,9-10H,6-8,13H2. The molecular formula is C12H15N3. The first-order valence-electron chi connectivity index (χ1n) is 5.17. The van der Waals surface area contributed by atoms with E-state index >= 15 is 0 Å². The Bertz CT molecular complexity index is 356. The molecule has 0 radical (unpaired) electrons. The fraction of sp³-hybridized carbons (Fsp3) is 0.333. The van der Waals surface area contributed by atoms with Gasteiger partial charge >= 0.3 is 0 Å². The molecule has 2 rings (SSSR count). The Morgan fingerprint density at radius 1 is 1.20 bits per heavy atom. The van der Waals surface area contributed by atoms with E-state index in [2.05, 4.69) is 22.1 Å². The molecule has 2 N–H and O–H groups in total. The lowest BCUT2D eigenvalue weighted by Gasteiger charge is -2.22. The molecule has 1 atom stereocenters. The first kappa shape index (κ1) is 10.1. The second-order valence-corrected chi connectivity index (χ2v) is 3.83. The van der Waals surface area contributed by atoms with Gasteiger partial charge in [0, 0.05) is 12.6 Å². The van der Waals surface area contributed by atoms with Gasteiger partial charge in [-0.3, -0.25) is 4.99 Å². The Labute approximate surface area is 89.7 Å². The summed E-state index contributed by atoms with van der Waals surface area (Å²) in [6.45, 7) is 0.635. The number of nitrogens with zero attached hydrogens (tertiary/aromatic N) is 2. The number of aliphatic imine (C=N–C) groups is 2. The van der Waals surface area contributed by atoms with Crippen molar-refractivity contribution in [3.63, 3.8) is 0 Å². The molecule has 3 nitrogen and oxygen atoms in total. The summed E-state index contributed by atoms with van der Waals surface area (Å²) < 4.78 is 0. The zero-order valence-electron chi connectivity index (χ0n) is 8.63. The lowest BCUT2D eigenvalue weighted by molar-refractivity contribution is 0.545. The minimum atomic E-state index is -0.198. The maximum atomic E-state index is 5.61. The molecule has 1 aromatic carbocycles. The molecule has 0 aromatic heterocycles. The van der Waals surface area contributed by atoms with Gasteiger partial charge in [-0.15, -0.1) is 0 Å². The summed E-state index contributed by atoms with van der Waals surface area (Å²) in [6.07, 6.45) is 5.26. The SMILES string of the molecule is NCCC1(Cc2ccccc2)C=NC=N1. The van der Waals surface area contributed by atoms with Gasteiger partial charge in [0.05, 0.1) is 0 Å². The van der Waals surface area contributed by atoms with E-state index in [0.717, 1.165) is 12.8 Å². The third kappa shape index (κ3) is 2.30. The van der Waals surface area contributed by atoms with Crippen LogP contribution in [0.15, 0.2) is 40.3 Å². The molecular weight excluding hydrogens is 186 g/mol.